The highest BCUT2D eigenvalue weighted by Crippen LogP contribution is 2.21. The van der Waals surface area contributed by atoms with Gasteiger partial charge in [0.15, 0.2) is 6.10 Å². The van der Waals surface area contributed by atoms with Gasteiger partial charge in [0.25, 0.3) is 5.91 Å². The second-order valence-electron chi connectivity index (χ2n) is 5.55. The number of nitrogens with zero attached hydrogens (tertiary/aromatic N) is 1. The summed E-state index contributed by atoms with van der Waals surface area (Å²) < 4.78 is 18.5. The van der Waals surface area contributed by atoms with Crippen LogP contribution in [-0.4, -0.2) is 18.2 Å². The molecule has 0 fully saturated rings. The molecular weight excluding hydrogens is 319 g/mol. The first-order chi connectivity index (χ1) is 12.1. The van der Waals surface area contributed by atoms with Gasteiger partial charge < -0.3 is 4.74 Å². The van der Waals surface area contributed by atoms with Crippen LogP contribution in [0.2, 0.25) is 0 Å². The summed E-state index contributed by atoms with van der Waals surface area (Å²) in [6, 6.07) is 19.4. The van der Waals surface area contributed by atoms with Crippen LogP contribution in [0.25, 0.3) is 10.8 Å². The number of benzene rings is 3. The monoisotopic (exact) mass is 336 g/mol. The fourth-order valence-corrected chi connectivity index (χ4v) is 2.31. The number of halogens is 1. The van der Waals surface area contributed by atoms with Gasteiger partial charge in [0.05, 0.1) is 6.21 Å². The molecule has 0 heterocycles. The van der Waals surface area contributed by atoms with Crippen LogP contribution in [0.5, 0.6) is 5.75 Å². The van der Waals surface area contributed by atoms with Gasteiger partial charge in [0.2, 0.25) is 0 Å². The molecule has 3 aromatic carbocycles. The second kappa shape index (κ2) is 7.57. The first kappa shape index (κ1) is 16.6. The highest BCUT2D eigenvalue weighted by atomic mass is 19.1. The Bertz CT molecular complexity index is 907. The van der Waals surface area contributed by atoms with E-state index in [-0.39, 0.29) is 11.7 Å². The van der Waals surface area contributed by atoms with Gasteiger partial charge in [-0.25, -0.2) is 9.82 Å². The van der Waals surface area contributed by atoms with Crippen molar-refractivity contribution in [3.8, 4) is 5.75 Å². The molecule has 25 heavy (non-hydrogen) atoms. The van der Waals surface area contributed by atoms with Crippen LogP contribution >= 0.6 is 0 Å². The Morgan fingerprint density at radius 3 is 2.56 bits per heavy atom. The van der Waals surface area contributed by atoms with Crippen molar-refractivity contribution in [2.75, 3.05) is 0 Å². The van der Waals surface area contributed by atoms with Crippen LogP contribution in [0.4, 0.5) is 4.39 Å². The zero-order valence-corrected chi connectivity index (χ0v) is 13.6. The average molecular weight is 336 g/mol. The van der Waals surface area contributed by atoms with Crippen LogP contribution in [0.1, 0.15) is 12.5 Å². The van der Waals surface area contributed by atoms with E-state index < -0.39 is 6.10 Å². The van der Waals surface area contributed by atoms with Crippen LogP contribution in [0, 0.1) is 5.82 Å². The van der Waals surface area contributed by atoms with Gasteiger partial charge >= 0.3 is 0 Å². The first-order valence-electron chi connectivity index (χ1n) is 7.86. The van der Waals surface area contributed by atoms with E-state index in [1.54, 1.807) is 19.1 Å². The molecule has 3 rings (SSSR count). The zero-order valence-electron chi connectivity index (χ0n) is 13.6. The van der Waals surface area contributed by atoms with Crippen molar-refractivity contribution >= 4 is 22.9 Å². The molecular formula is C20H17FN2O2. The molecule has 126 valence electrons. The summed E-state index contributed by atoms with van der Waals surface area (Å²) in [5.74, 6) is -0.0750. The van der Waals surface area contributed by atoms with Crippen LogP contribution in [-0.2, 0) is 4.79 Å². The predicted octanol–water partition coefficient (Wildman–Crippen LogP) is 3.90. The maximum absolute atomic E-state index is 12.8. The number of rotatable bonds is 5. The molecule has 1 amide bonds. The smallest absolute Gasteiger partial charge is 0.280 e. The van der Waals surface area contributed by atoms with E-state index in [4.69, 9.17) is 4.74 Å². The quantitative estimate of drug-likeness (QED) is 0.567. The molecule has 0 spiro atoms. The van der Waals surface area contributed by atoms with Crippen molar-refractivity contribution in [3.63, 3.8) is 0 Å². The molecule has 1 atom stereocenters. The van der Waals surface area contributed by atoms with Gasteiger partial charge in [0, 0.05) is 0 Å². The first-order valence-corrected chi connectivity index (χ1v) is 7.86. The Labute approximate surface area is 144 Å². The highest BCUT2D eigenvalue weighted by molar-refractivity contribution is 5.85. The summed E-state index contributed by atoms with van der Waals surface area (Å²) in [4.78, 5) is 12.0. The van der Waals surface area contributed by atoms with E-state index in [9.17, 15) is 9.18 Å². The molecule has 0 saturated heterocycles. The lowest BCUT2D eigenvalue weighted by atomic mass is 10.1. The lowest BCUT2D eigenvalue weighted by Gasteiger charge is -2.13. The van der Waals surface area contributed by atoms with Crippen molar-refractivity contribution in [3.05, 3.63) is 78.1 Å². The summed E-state index contributed by atoms with van der Waals surface area (Å²) in [6.45, 7) is 1.65. The normalized spacial score (nSPS) is 12.2. The average Bonchev–Trinajstić information content (AvgIpc) is 2.63. The fraction of sp³-hybridized carbons (Fsp3) is 0.100. The number of amides is 1. The van der Waals surface area contributed by atoms with Crippen molar-refractivity contribution < 1.29 is 13.9 Å². The number of fused-ring (bicyclic) bond motifs is 1. The SMILES string of the molecule is C[C@H](Oc1ccc2ccccc2c1)C(=O)N/N=C\c1ccc(F)cc1. The highest BCUT2D eigenvalue weighted by Gasteiger charge is 2.14. The van der Waals surface area contributed by atoms with Crippen molar-refractivity contribution in [1.82, 2.24) is 5.43 Å². The minimum absolute atomic E-state index is 0.321. The number of nitrogens with one attached hydrogen (secondary N) is 1. The number of ether oxygens (including phenoxy) is 1. The molecule has 0 aliphatic rings. The Kier molecular flexibility index (Phi) is 5.04. The lowest BCUT2D eigenvalue weighted by molar-refractivity contribution is -0.127. The topological polar surface area (TPSA) is 50.7 Å². The minimum Gasteiger partial charge on any atom is -0.481 e. The Morgan fingerprint density at radius 1 is 1.08 bits per heavy atom. The molecule has 4 nitrogen and oxygen atoms in total. The van der Waals surface area contributed by atoms with E-state index in [0.717, 1.165) is 10.8 Å². The molecule has 0 aliphatic carbocycles. The zero-order chi connectivity index (χ0) is 17.6. The third-order valence-corrected chi connectivity index (χ3v) is 3.66. The number of hydrazone groups is 1. The summed E-state index contributed by atoms with van der Waals surface area (Å²) in [5.41, 5.74) is 3.10. The van der Waals surface area contributed by atoms with Crippen molar-refractivity contribution in [2.45, 2.75) is 13.0 Å². The van der Waals surface area contributed by atoms with E-state index in [0.29, 0.717) is 11.3 Å². The number of carbonyl (C=O) groups is 1. The number of carbonyl (C=O) groups excluding carboxylic acids is 1. The molecule has 3 aromatic rings. The molecule has 0 unspecified atom stereocenters. The predicted molar refractivity (Wildman–Crippen MR) is 96.2 cm³/mol. The Balaban J connectivity index is 1.58. The van der Waals surface area contributed by atoms with Gasteiger partial charge in [-0.3, -0.25) is 4.79 Å². The van der Waals surface area contributed by atoms with Gasteiger partial charge in [-0.2, -0.15) is 5.10 Å². The summed E-state index contributed by atoms with van der Waals surface area (Å²) in [6.07, 6.45) is 0.742. The van der Waals surface area contributed by atoms with Gasteiger partial charge in [0.1, 0.15) is 11.6 Å². The van der Waals surface area contributed by atoms with Crippen LogP contribution < -0.4 is 10.2 Å². The second-order valence-corrected chi connectivity index (χ2v) is 5.55. The molecule has 1 N–H and O–H groups in total. The van der Waals surface area contributed by atoms with Crippen LogP contribution in [0.3, 0.4) is 0 Å². The van der Waals surface area contributed by atoms with E-state index in [2.05, 4.69) is 10.5 Å². The maximum atomic E-state index is 12.8. The van der Waals surface area contributed by atoms with Crippen LogP contribution in [0.15, 0.2) is 71.8 Å². The van der Waals surface area contributed by atoms with Gasteiger partial charge in [-0.05, 0) is 47.5 Å². The van der Waals surface area contributed by atoms with Gasteiger partial charge in [-0.1, -0.05) is 42.5 Å². The Morgan fingerprint density at radius 2 is 1.80 bits per heavy atom. The summed E-state index contributed by atoms with van der Waals surface area (Å²) in [7, 11) is 0. The van der Waals surface area contributed by atoms with E-state index >= 15 is 0 Å². The summed E-state index contributed by atoms with van der Waals surface area (Å²) in [5, 5.41) is 6.01. The van der Waals surface area contributed by atoms with Crippen molar-refractivity contribution in [1.29, 1.82) is 0 Å². The largest absolute Gasteiger partial charge is 0.481 e. The summed E-state index contributed by atoms with van der Waals surface area (Å²) >= 11 is 0. The Hall–Kier alpha value is -3.21. The number of hydrogen-bond acceptors (Lipinski definition) is 3. The molecule has 0 radical (unpaired) electrons. The maximum Gasteiger partial charge on any atom is 0.280 e. The third kappa shape index (κ3) is 4.41. The van der Waals surface area contributed by atoms with Crippen molar-refractivity contribution in [2.24, 2.45) is 5.10 Å². The molecule has 0 bridgehead atoms. The van der Waals surface area contributed by atoms with Gasteiger partial charge in [-0.15, -0.1) is 0 Å². The van der Waals surface area contributed by atoms with E-state index in [1.165, 1.54) is 18.3 Å². The fourth-order valence-electron chi connectivity index (χ4n) is 2.31. The third-order valence-electron chi connectivity index (χ3n) is 3.66. The standard InChI is InChI=1S/C20H17FN2O2/c1-14(20(24)23-22-13-15-6-9-18(21)10-7-15)25-19-11-8-16-4-2-3-5-17(16)12-19/h2-14H,1H3,(H,23,24)/b22-13-/t14-/m0/s1. The molecule has 0 aliphatic heterocycles. The molecule has 0 aromatic heterocycles. The number of hydrogen-bond donors (Lipinski definition) is 1. The molecule has 5 heteroatoms. The molecule has 0 saturated carbocycles. The minimum atomic E-state index is -0.702. The lowest BCUT2D eigenvalue weighted by Crippen LogP contribution is -2.33. The van der Waals surface area contributed by atoms with E-state index in [1.807, 2.05) is 42.5 Å².